The molecule has 2 aromatic rings. The highest BCUT2D eigenvalue weighted by molar-refractivity contribution is 7.05. The van der Waals surface area contributed by atoms with Crippen LogP contribution in [-0.2, 0) is 19.6 Å². The van der Waals surface area contributed by atoms with Gasteiger partial charge in [0.2, 0.25) is 0 Å². The van der Waals surface area contributed by atoms with Gasteiger partial charge in [-0.25, -0.2) is 4.98 Å². The molecule has 2 aliphatic rings. The fraction of sp³-hybridized carbons (Fsp3) is 0.714. The minimum Gasteiger partial charge on any atom is -0.312 e. The normalized spacial score (nSPS) is 19.2. The summed E-state index contributed by atoms with van der Waals surface area (Å²) in [4.78, 5) is 7.02. The van der Waals surface area contributed by atoms with Crippen molar-refractivity contribution in [2.75, 3.05) is 6.54 Å². The Morgan fingerprint density at radius 3 is 2.81 bits per heavy atom. The number of rotatable bonds is 4. The molecule has 3 heterocycles. The van der Waals surface area contributed by atoms with Crippen LogP contribution in [0, 0.1) is 0 Å². The van der Waals surface area contributed by atoms with Crippen LogP contribution in [0.5, 0.6) is 0 Å². The number of hydrogen-bond acceptors (Lipinski definition) is 6. The molecule has 112 valence electrons. The first kappa shape index (κ1) is 13.3. The molecule has 0 N–H and O–H groups in total. The van der Waals surface area contributed by atoms with Gasteiger partial charge in [-0.2, -0.15) is 4.37 Å². The zero-order valence-electron chi connectivity index (χ0n) is 12.5. The SMILES string of the molecule is CC(C)c1nsc(CN2CCn3c(nnc3C3CC3)C2)n1. The molecule has 0 spiro atoms. The van der Waals surface area contributed by atoms with Crippen molar-refractivity contribution in [2.45, 2.75) is 58.2 Å². The fourth-order valence-corrected chi connectivity index (χ4v) is 3.59. The molecule has 0 amide bonds. The quantitative estimate of drug-likeness (QED) is 0.866. The predicted molar refractivity (Wildman–Crippen MR) is 80.1 cm³/mol. The lowest BCUT2D eigenvalue weighted by atomic mass is 10.2. The minimum absolute atomic E-state index is 0.403. The maximum absolute atomic E-state index is 4.63. The number of nitrogens with zero attached hydrogens (tertiary/aromatic N) is 6. The molecular weight excluding hydrogens is 284 g/mol. The van der Waals surface area contributed by atoms with Crippen molar-refractivity contribution >= 4 is 11.5 Å². The lowest BCUT2D eigenvalue weighted by Gasteiger charge is -2.26. The standard InChI is InChI=1S/C14H20N6S/c1-9(2)13-15-12(21-18-13)8-19-5-6-20-11(7-19)16-17-14(20)10-3-4-10/h9-10H,3-8H2,1-2H3. The Balaban J connectivity index is 1.45. The molecule has 6 nitrogen and oxygen atoms in total. The maximum atomic E-state index is 4.63. The summed E-state index contributed by atoms with van der Waals surface area (Å²) in [5.74, 6) is 4.36. The van der Waals surface area contributed by atoms with Crippen LogP contribution < -0.4 is 0 Å². The highest BCUT2D eigenvalue weighted by Crippen LogP contribution is 2.39. The summed E-state index contributed by atoms with van der Waals surface area (Å²) < 4.78 is 6.76. The molecule has 0 aromatic carbocycles. The molecule has 0 bridgehead atoms. The zero-order chi connectivity index (χ0) is 14.4. The molecule has 1 aliphatic heterocycles. The summed E-state index contributed by atoms with van der Waals surface area (Å²) in [6.07, 6.45) is 2.56. The lowest BCUT2D eigenvalue weighted by Crippen LogP contribution is -2.33. The third-order valence-corrected chi connectivity index (χ3v) is 4.87. The molecule has 21 heavy (non-hydrogen) atoms. The van der Waals surface area contributed by atoms with Crippen molar-refractivity contribution in [1.82, 2.24) is 29.0 Å². The summed E-state index contributed by atoms with van der Waals surface area (Å²) in [5, 5.41) is 9.88. The van der Waals surface area contributed by atoms with Crippen molar-refractivity contribution in [3.05, 3.63) is 22.5 Å². The van der Waals surface area contributed by atoms with E-state index in [-0.39, 0.29) is 0 Å². The largest absolute Gasteiger partial charge is 0.312 e. The van der Waals surface area contributed by atoms with Crippen molar-refractivity contribution in [1.29, 1.82) is 0 Å². The Kier molecular flexibility index (Phi) is 3.26. The Morgan fingerprint density at radius 1 is 1.24 bits per heavy atom. The minimum atomic E-state index is 0.403. The topological polar surface area (TPSA) is 59.7 Å². The highest BCUT2D eigenvalue weighted by Gasteiger charge is 2.32. The molecule has 0 atom stereocenters. The molecule has 0 unspecified atom stereocenters. The monoisotopic (exact) mass is 304 g/mol. The Morgan fingerprint density at radius 2 is 2.10 bits per heavy atom. The number of aromatic nitrogens is 5. The van der Waals surface area contributed by atoms with E-state index in [1.54, 1.807) is 0 Å². The molecule has 2 aromatic heterocycles. The van der Waals surface area contributed by atoms with Gasteiger partial charge in [0.15, 0.2) is 0 Å². The van der Waals surface area contributed by atoms with Crippen LogP contribution in [0.1, 0.15) is 61.0 Å². The van der Waals surface area contributed by atoms with Gasteiger partial charge in [0, 0.05) is 24.9 Å². The van der Waals surface area contributed by atoms with Crippen LogP contribution in [0.3, 0.4) is 0 Å². The van der Waals surface area contributed by atoms with E-state index >= 15 is 0 Å². The van der Waals surface area contributed by atoms with Crippen LogP contribution >= 0.6 is 11.5 Å². The second kappa shape index (κ2) is 5.14. The summed E-state index contributed by atoms with van der Waals surface area (Å²) in [6, 6.07) is 0. The first-order chi connectivity index (χ1) is 10.2. The summed E-state index contributed by atoms with van der Waals surface area (Å²) in [6.45, 7) is 8.06. The van der Waals surface area contributed by atoms with Crippen molar-refractivity contribution < 1.29 is 0 Å². The van der Waals surface area contributed by atoms with E-state index in [4.69, 9.17) is 0 Å². The van der Waals surface area contributed by atoms with Gasteiger partial charge >= 0.3 is 0 Å². The average molecular weight is 304 g/mol. The van der Waals surface area contributed by atoms with Gasteiger partial charge in [0.05, 0.1) is 13.1 Å². The van der Waals surface area contributed by atoms with Crippen molar-refractivity contribution in [2.24, 2.45) is 0 Å². The summed E-state index contributed by atoms with van der Waals surface area (Å²) >= 11 is 1.53. The maximum Gasteiger partial charge on any atom is 0.147 e. The molecule has 1 aliphatic carbocycles. The molecule has 1 fully saturated rings. The Hall–Kier alpha value is -1.34. The van der Waals surface area contributed by atoms with Gasteiger partial charge in [0.25, 0.3) is 0 Å². The van der Waals surface area contributed by atoms with E-state index in [0.717, 1.165) is 42.8 Å². The van der Waals surface area contributed by atoms with E-state index in [1.165, 1.54) is 30.2 Å². The summed E-state index contributed by atoms with van der Waals surface area (Å²) in [7, 11) is 0. The van der Waals surface area contributed by atoms with Crippen LogP contribution in [0.4, 0.5) is 0 Å². The summed E-state index contributed by atoms with van der Waals surface area (Å²) in [5.41, 5.74) is 0. The molecule has 0 radical (unpaired) electrons. The first-order valence-electron chi connectivity index (χ1n) is 7.67. The third kappa shape index (κ3) is 2.60. The lowest BCUT2D eigenvalue weighted by molar-refractivity contribution is 0.207. The van der Waals surface area contributed by atoms with Crippen LogP contribution in [0.15, 0.2) is 0 Å². The van der Waals surface area contributed by atoms with Crippen LogP contribution in [0.2, 0.25) is 0 Å². The smallest absolute Gasteiger partial charge is 0.147 e. The molecule has 7 heteroatoms. The highest BCUT2D eigenvalue weighted by atomic mass is 32.1. The van der Waals surface area contributed by atoms with Gasteiger partial charge in [0.1, 0.15) is 22.5 Å². The van der Waals surface area contributed by atoms with E-state index in [1.807, 2.05) is 0 Å². The average Bonchev–Trinajstić information content (AvgIpc) is 3.05. The zero-order valence-corrected chi connectivity index (χ0v) is 13.3. The number of hydrogen-bond donors (Lipinski definition) is 0. The van der Waals surface area contributed by atoms with E-state index in [0.29, 0.717) is 11.8 Å². The first-order valence-corrected chi connectivity index (χ1v) is 8.45. The fourth-order valence-electron chi connectivity index (χ4n) is 2.77. The Labute approximate surface area is 128 Å². The van der Waals surface area contributed by atoms with Gasteiger partial charge in [-0.3, -0.25) is 4.90 Å². The van der Waals surface area contributed by atoms with Gasteiger partial charge < -0.3 is 4.57 Å². The Bertz CT molecular complexity index is 642. The molecule has 0 saturated heterocycles. The van der Waals surface area contributed by atoms with Gasteiger partial charge in [-0.1, -0.05) is 13.8 Å². The van der Waals surface area contributed by atoms with Crippen LogP contribution in [-0.4, -0.2) is 35.6 Å². The van der Waals surface area contributed by atoms with Gasteiger partial charge in [-0.05, 0) is 24.4 Å². The van der Waals surface area contributed by atoms with Crippen LogP contribution in [0.25, 0.3) is 0 Å². The second-order valence-corrected chi connectivity index (χ2v) is 7.15. The predicted octanol–water partition coefficient (Wildman–Crippen LogP) is 2.15. The van der Waals surface area contributed by atoms with E-state index in [2.05, 4.69) is 42.9 Å². The van der Waals surface area contributed by atoms with Crippen molar-refractivity contribution in [3.8, 4) is 0 Å². The van der Waals surface area contributed by atoms with E-state index in [9.17, 15) is 0 Å². The third-order valence-electron chi connectivity index (χ3n) is 4.16. The molecule has 1 saturated carbocycles. The van der Waals surface area contributed by atoms with Gasteiger partial charge in [-0.15, -0.1) is 10.2 Å². The molecule has 4 rings (SSSR count). The van der Waals surface area contributed by atoms with Crippen molar-refractivity contribution in [3.63, 3.8) is 0 Å². The second-order valence-electron chi connectivity index (χ2n) is 6.31. The molecular formula is C14H20N6S. The van der Waals surface area contributed by atoms with E-state index < -0.39 is 0 Å². The number of fused-ring (bicyclic) bond motifs is 1.